The van der Waals surface area contributed by atoms with Gasteiger partial charge in [0, 0.05) is 0 Å². The molecule has 2 saturated carbocycles. The number of hydrogen-bond acceptors (Lipinski definition) is 3. The normalized spacial score (nSPS) is 27.1. The van der Waals surface area contributed by atoms with Crippen LogP contribution in [0.15, 0.2) is 24.3 Å². The third-order valence-corrected chi connectivity index (χ3v) is 6.98. The fraction of sp³-hybridized carbons (Fsp3) is 0.708. The van der Waals surface area contributed by atoms with Gasteiger partial charge in [0.1, 0.15) is 11.5 Å². The molecule has 1 aromatic carbocycles. The first-order valence-corrected chi connectivity index (χ1v) is 11.5. The van der Waals surface area contributed by atoms with Crippen molar-refractivity contribution < 1.29 is 36.2 Å². The van der Waals surface area contributed by atoms with Crippen LogP contribution in [-0.4, -0.2) is 18.3 Å². The fourth-order valence-electron chi connectivity index (χ4n) is 5.16. The molecule has 32 heavy (non-hydrogen) atoms. The summed E-state index contributed by atoms with van der Waals surface area (Å²) in [7, 11) is 0. The standard InChI is InChI=1S/C24H31F5O3/c1-2-3-16-4-6-17(7-5-16)18-8-10-19(11-9-18)22(30)31-20-12-14-21(15-13-20)32-24(28,29)23(25,26)27/h12-19H,2-11H2,1H3. The Hall–Kier alpha value is -1.86. The zero-order valence-electron chi connectivity index (χ0n) is 18.3. The quantitative estimate of drug-likeness (QED) is 0.239. The molecule has 2 aliphatic rings. The number of ether oxygens (including phenoxy) is 2. The van der Waals surface area contributed by atoms with Gasteiger partial charge in [0.2, 0.25) is 0 Å². The minimum atomic E-state index is -5.81. The van der Waals surface area contributed by atoms with Crippen molar-refractivity contribution in [1.82, 2.24) is 0 Å². The van der Waals surface area contributed by atoms with Crippen LogP contribution in [0.1, 0.15) is 71.1 Å². The Balaban J connectivity index is 1.44. The third kappa shape index (κ3) is 6.35. The second-order valence-corrected chi connectivity index (χ2v) is 9.19. The highest BCUT2D eigenvalue weighted by Gasteiger charge is 2.61. The van der Waals surface area contributed by atoms with Gasteiger partial charge in [-0.3, -0.25) is 4.79 Å². The molecule has 0 bridgehead atoms. The predicted octanol–water partition coefficient (Wildman–Crippen LogP) is 7.54. The smallest absolute Gasteiger partial charge is 0.426 e. The van der Waals surface area contributed by atoms with Gasteiger partial charge in [0.25, 0.3) is 0 Å². The van der Waals surface area contributed by atoms with Crippen molar-refractivity contribution in [2.45, 2.75) is 83.4 Å². The molecule has 0 aliphatic heterocycles. The molecule has 0 spiro atoms. The molecule has 0 N–H and O–H groups in total. The highest BCUT2D eigenvalue weighted by atomic mass is 19.4. The molecule has 2 fully saturated rings. The number of rotatable bonds is 7. The van der Waals surface area contributed by atoms with E-state index in [0.717, 1.165) is 61.8 Å². The number of benzene rings is 1. The van der Waals surface area contributed by atoms with Crippen LogP contribution in [0.2, 0.25) is 0 Å². The lowest BCUT2D eigenvalue weighted by atomic mass is 9.69. The van der Waals surface area contributed by atoms with Gasteiger partial charge in [0.15, 0.2) is 0 Å². The van der Waals surface area contributed by atoms with Gasteiger partial charge in [-0.05, 0) is 80.5 Å². The lowest BCUT2D eigenvalue weighted by molar-refractivity contribution is -0.360. The lowest BCUT2D eigenvalue weighted by Crippen LogP contribution is -2.41. The molecule has 2 aliphatic carbocycles. The van der Waals surface area contributed by atoms with Crippen molar-refractivity contribution in [3.63, 3.8) is 0 Å². The van der Waals surface area contributed by atoms with E-state index >= 15 is 0 Å². The van der Waals surface area contributed by atoms with E-state index in [1.54, 1.807) is 0 Å². The van der Waals surface area contributed by atoms with Crippen molar-refractivity contribution in [1.29, 1.82) is 0 Å². The van der Waals surface area contributed by atoms with E-state index in [1.165, 1.54) is 38.5 Å². The average molecular weight is 462 g/mol. The topological polar surface area (TPSA) is 35.5 Å². The highest BCUT2D eigenvalue weighted by molar-refractivity contribution is 5.75. The molecule has 1 aromatic rings. The third-order valence-electron chi connectivity index (χ3n) is 6.98. The summed E-state index contributed by atoms with van der Waals surface area (Å²) in [4.78, 5) is 12.5. The van der Waals surface area contributed by atoms with E-state index in [4.69, 9.17) is 4.74 Å². The maximum atomic E-state index is 13.0. The van der Waals surface area contributed by atoms with Gasteiger partial charge < -0.3 is 9.47 Å². The summed E-state index contributed by atoms with van der Waals surface area (Å²) in [6.45, 7) is 2.24. The first kappa shape index (κ1) is 24.8. The zero-order chi connectivity index (χ0) is 23.4. The van der Waals surface area contributed by atoms with Crippen LogP contribution < -0.4 is 9.47 Å². The molecule has 0 unspecified atom stereocenters. The second kappa shape index (κ2) is 10.4. The van der Waals surface area contributed by atoms with Crippen LogP contribution in [0.25, 0.3) is 0 Å². The molecule has 0 amide bonds. The maximum absolute atomic E-state index is 13.0. The van der Waals surface area contributed by atoms with Crippen molar-refractivity contribution in [2.24, 2.45) is 23.7 Å². The van der Waals surface area contributed by atoms with Crippen molar-refractivity contribution in [3.8, 4) is 11.5 Å². The number of carbonyl (C=O) groups excluding carboxylic acids is 1. The molecular formula is C24H31F5O3. The van der Waals surface area contributed by atoms with Crippen LogP contribution in [0.5, 0.6) is 11.5 Å². The van der Waals surface area contributed by atoms with Crippen molar-refractivity contribution in [2.75, 3.05) is 0 Å². The minimum Gasteiger partial charge on any atom is -0.426 e. The van der Waals surface area contributed by atoms with E-state index < -0.39 is 18.0 Å². The van der Waals surface area contributed by atoms with Gasteiger partial charge in [-0.25, -0.2) is 0 Å². The summed E-state index contributed by atoms with van der Waals surface area (Å²) >= 11 is 0. The summed E-state index contributed by atoms with van der Waals surface area (Å²) < 4.78 is 71.7. The predicted molar refractivity (Wildman–Crippen MR) is 110 cm³/mol. The fourth-order valence-corrected chi connectivity index (χ4v) is 5.16. The molecule has 3 nitrogen and oxygen atoms in total. The van der Waals surface area contributed by atoms with Crippen LogP contribution in [0.3, 0.4) is 0 Å². The monoisotopic (exact) mass is 462 g/mol. The molecule has 180 valence electrons. The SMILES string of the molecule is CCCC1CCC(C2CCC(C(=O)Oc3ccc(OC(F)(F)C(F)(F)F)cc3)CC2)CC1. The van der Waals surface area contributed by atoms with E-state index in [0.29, 0.717) is 5.92 Å². The minimum absolute atomic E-state index is 0.0917. The van der Waals surface area contributed by atoms with Crippen LogP contribution >= 0.6 is 0 Å². The Morgan fingerprint density at radius 3 is 1.84 bits per heavy atom. The molecular weight excluding hydrogens is 431 g/mol. The first-order chi connectivity index (χ1) is 15.1. The largest absolute Gasteiger partial charge is 0.499 e. The van der Waals surface area contributed by atoms with Crippen molar-refractivity contribution in [3.05, 3.63) is 24.3 Å². The second-order valence-electron chi connectivity index (χ2n) is 9.19. The van der Waals surface area contributed by atoms with E-state index in [2.05, 4.69) is 11.7 Å². The van der Waals surface area contributed by atoms with E-state index in [1.807, 2.05) is 0 Å². The Bertz CT molecular complexity index is 731. The van der Waals surface area contributed by atoms with Gasteiger partial charge in [-0.2, -0.15) is 22.0 Å². The Morgan fingerprint density at radius 2 is 1.34 bits per heavy atom. The number of esters is 1. The van der Waals surface area contributed by atoms with Gasteiger partial charge in [-0.1, -0.05) is 32.6 Å². The number of hydrogen-bond donors (Lipinski definition) is 0. The first-order valence-electron chi connectivity index (χ1n) is 11.5. The lowest BCUT2D eigenvalue weighted by Gasteiger charge is -2.37. The molecule has 0 radical (unpaired) electrons. The molecule has 0 aromatic heterocycles. The molecule has 0 heterocycles. The average Bonchev–Trinajstić information content (AvgIpc) is 2.75. The number of alkyl halides is 5. The maximum Gasteiger partial charge on any atom is 0.499 e. The van der Waals surface area contributed by atoms with Gasteiger partial charge in [0.05, 0.1) is 5.92 Å². The van der Waals surface area contributed by atoms with Gasteiger partial charge >= 0.3 is 18.3 Å². The Labute approximate surface area is 185 Å². The van der Waals surface area contributed by atoms with E-state index in [9.17, 15) is 26.7 Å². The van der Waals surface area contributed by atoms with E-state index in [-0.39, 0.29) is 17.6 Å². The summed E-state index contributed by atoms with van der Waals surface area (Å²) in [5, 5.41) is 0. The molecule has 0 atom stereocenters. The van der Waals surface area contributed by atoms with Crippen LogP contribution in [0.4, 0.5) is 22.0 Å². The summed E-state index contributed by atoms with van der Waals surface area (Å²) in [6.07, 6.45) is 0.189. The van der Waals surface area contributed by atoms with Crippen LogP contribution in [-0.2, 0) is 4.79 Å². The highest BCUT2D eigenvalue weighted by Crippen LogP contribution is 2.42. The summed E-state index contributed by atoms with van der Waals surface area (Å²) in [5.74, 6) is 1.11. The van der Waals surface area contributed by atoms with Crippen molar-refractivity contribution >= 4 is 5.97 Å². The number of halogens is 5. The number of carbonyl (C=O) groups is 1. The van der Waals surface area contributed by atoms with Crippen LogP contribution in [0, 0.1) is 23.7 Å². The zero-order valence-corrected chi connectivity index (χ0v) is 18.3. The molecule has 3 rings (SSSR count). The summed E-state index contributed by atoms with van der Waals surface area (Å²) in [6, 6.07) is 4.15. The summed E-state index contributed by atoms with van der Waals surface area (Å²) in [5.41, 5.74) is 0. The Kier molecular flexibility index (Phi) is 8.04. The van der Waals surface area contributed by atoms with Gasteiger partial charge in [-0.15, -0.1) is 0 Å². The molecule has 0 saturated heterocycles. The Morgan fingerprint density at radius 1 is 0.844 bits per heavy atom. The molecule has 8 heteroatoms.